The van der Waals surface area contributed by atoms with Gasteiger partial charge in [-0.05, 0) is 36.8 Å². The fourth-order valence-electron chi connectivity index (χ4n) is 2.02. The molecule has 8 heteroatoms. The summed E-state index contributed by atoms with van der Waals surface area (Å²) in [6, 6.07) is 9.86. The van der Waals surface area contributed by atoms with Crippen molar-refractivity contribution in [3.05, 3.63) is 58.9 Å². The van der Waals surface area contributed by atoms with E-state index in [4.69, 9.17) is 16.3 Å². The maximum absolute atomic E-state index is 12.2. The van der Waals surface area contributed by atoms with Gasteiger partial charge in [0.2, 0.25) is 0 Å². The number of nitrogens with zero attached hydrogens (tertiary/aromatic N) is 1. The number of nitrogens with one attached hydrogen (secondary N) is 1. The molecule has 0 aliphatic carbocycles. The SMILES string of the molecule is CC(OC(=O)c1cccc(CS(C)=O)c1)C(=O)Nc1cccnc1Cl. The van der Waals surface area contributed by atoms with E-state index in [0.29, 0.717) is 17.0 Å². The van der Waals surface area contributed by atoms with Crippen molar-refractivity contribution in [3.63, 3.8) is 0 Å². The lowest BCUT2D eigenvalue weighted by atomic mass is 10.1. The van der Waals surface area contributed by atoms with Gasteiger partial charge in [0.15, 0.2) is 11.3 Å². The van der Waals surface area contributed by atoms with Crippen LogP contribution in [-0.4, -0.2) is 33.4 Å². The van der Waals surface area contributed by atoms with Crippen LogP contribution in [0.15, 0.2) is 42.6 Å². The van der Waals surface area contributed by atoms with Crippen LogP contribution in [0.5, 0.6) is 0 Å². The van der Waals surface area contributed by atoms with Gasteiger partial charge in [-0.15, -0.1) is 0 Å². The first-order chi connectivity index (χ1) is 11.9. The summed E-state index contributed by atoms with van der Waals surface area (Å²) in [5.74, 6) is -0.811. The first-order valence-corrected chi connectivity index (χ1v) is 9.48. The van der Waals surface area contributed by atoms with E-state index in [1.54, 1.807) is 42.7 Å². The van der Waals surface area contributed by atoms with Crippen molar-refractivity contribution in [3.8, 4) is 0 Å². The number of rotatable bonds is 6. The predicted octanol–water partition coefficient (Wildman–Crippen LogP) is 2.80. The number of anilines is 1. The van der Waals surface area contributed by atoms with Gasteiger partial charge >= 0.3 is 5.97 Å². The van der Waals surface area contributed by atoms with Crippen molar-refractivity contribution in [2.45, 2.75) is 18.8 Å². The zero-order valence-electron chi connectivity index (χ0n) is 13.7. The van der Waals surface area contributed by atoms with Crippen molar-refractivity contribution in [1.82, 2.24) is 4.98 Å². The highest BCUT2D eigenvalue weighted by Crippen LogP contribution is 2.18. The number of pyridine rings is 1. The lowest BCUT2D eigenvalue weighted by Crippen LogP contribution is -2.30. The number of esters is 1. The molecule has 0 radical (unpaired) electrons. The molecule has 0 aliphatic rings. The summed E-state index contributed by atoms with van der Waals surface area (Å²) in [6.45, 7) is 1.46. The molecule has 1 heterocycles. The average Bonchev–Trinajstić information content (AvgIpc) is 2.56. The maximum atomic E-state index is 12.2. The van der Waals surface area contributed by atoms with Gasteiger partial charge in [-0.25, -0.2) is 9.78 Å². The lowest BCUT2D eigenvalue weighted by Gasteiger charge is -2.14. The van der Waals surface area contributed by atoms with E-state index in [9.17, 15) is 13.8 Å². The highest BCUT2D eigenvalue weighted by molar-refractivity contribution is 7.83. The minimum atomic E-state index is -1.02. The molecule has 1 N–H and O–H groups in total. The van der Waals surface area contributed by atoms with Crippen molar-refractivity contribution in [2.24, 2.45) is 0 Å². The molecule has 0 fully saturated rings. The molecule has 0 bridgehead atoms. The van der Waals surface area contributed by atoms with Crippen molar-refractivity contribution >= 4 is 40.0 Å². The second-order valence-electron chi connectivity index (χ2n) is 5.30. The Morgan fingerprint density at radius 1 is 1.32 bits per heavy atom. The van der Waals surface area contributed by atoms with Gasteiger partial charge in [0.05, 0.1) is 11.3 Å². The van der Waals surface area contributed by atoms with E-state index in [2.05, 4.69) is 10.3 Å². The van der Waals surface area contributed by atoms with Crippen LogP contribution in [-0.2, 0) is 26.1 Å². The number of hydrogen-bond acceptors (Lipinski definition) is 5. The molecule has 6 nitrogen and oxygen atoms in total. The van der Waals surface area contributed by atoms with Crippen LogP contribution in [0.3, 0.4) is 0 Å². The molecular weight excluding hydrogens is 364 g/mol. The number of carbonyl (C=O) groups is 2. The summed E-state index contributed by atoms with van der Waals surface area (Å²) in [7, 11) is -1.02. The molecule has 1 aromatic heterocycles. The Bertz CT molecular complexity index is 813. The molecule has 132 valence electrons. The van der Waals surface area contributed by atoms with E-state index >= 15 is 0 Å². The Morgan fingerprint density at radius 3 is 2.76 bits per heavy atom. The third kappa shape index (κ3) is 5.65. The van der Waals surface area contributed by atoms with Gasteiger partial charge in [-0.2, -0.15) is 0 Å². The topological polar surface area (TPSA) is 85.4 Å². The molecule has 2 unspecified atom stereocenters. The zero-order chi connectivity index (χ0) is 18.4. The molecule has 2 atom stereocenters. The smallest absolute Gasteiger partial charge is 0.338 e. The highest BCUT2D eigenvalue weighted by Gasteiger charge is 2.20. The number of benzene rings is 1. The quantitative estimate of drug-likeness (QED) is 0.615. The molecule has 1 aromatic carbocycles. The van der Waals surface area contributed by atoms with Crippen LogP contribution in [0.25, 0.3) is 0 Å². The Labute approximate surface area is 153 Å². The Balaban J connectivity index is 2.01. The summed E-state index contributed by atoms with van der Waals surface area (Å²) in [5.41, 5.74) is 1.39. The third-order valence-corrected chi connectivity index (χ3v) is 4.24. The summed E-state index contributed by atoms with van der Waals surface area (Å²) in [5, 5.41) is 2.70. The normalized spacial score (nSPS) is 12.9. The maximum Gasteiger partial charge on any atom is 0.338 e. The number of carbonyl (C=O) groups excluding carboxylic acids is 2. The number of aromatic nitrogens is 1. The minimum Gasteiger partial charge on any atom is -0.449 e. The van der Waals surface area contributed by atoms with Crippen LogP contribution < -0.4 is 5.32 Å². The van der Waals surface area contributed by atoms with Gasteiger partial charge in [0.1, 0.15) is 0 Å². The fourth-order valence-corrected chi connectivity index (χ4v) is 2.83. The van der Waals surface area contributed by atoms with Crippen LogP contribution in [0.4, 0.5) is 5.69 Å². The summed E-state index contributed by atoms with van der Waals surface area (Å²) >= 11 is 5.88. The van der Waals surface area contributed by atoms with Gasteiger partial charge in [-0.3, -0.25) is 9.00 Å². The van der Waals surface area contributed by atoms with Crippen LogP contribution in [0, 0.1) is 0 Å². The first kappa shape index (κ1) is 19.1. The Kier molecular flexibility index (Phi) is 6.66. The summed E-state index contributed by atoms with van der Waals surface area (Å²) < 4.78 is 16.5. The van der Waals surface area contributed by atoms with Crippen LogP contribution in [0.2, 0.25) is 5.15 Å². The van der Waals surface area contributed by atoms with E-state index in [1.807, 2.05) is 0 Å². The second-order valence-corrected chi connectivity index (χ2v) is 7.09. The molecule has 0 aliphatic heterocycles. The molecule has 1 amide bonds. The van der Waals surface area contributed by atoms with Crippen LogP contribution >= 0.6 is 11.6 Å². The number of hydrogen-bond donors (Lipinski definition) is 1. The number of amides is 1. The van der Waals surface area contributed by atoms with E-state index < -0.39 is 28.8 Å². The van der Waals surface area contributed by atoms with E-state index in [0.717, 1.165) is 5.56 Å². The Morgan fingerprint density at radius 2 is 2.08 bits per heavy atom. The minimum absolute atomic E-state index is 0.148. The van der Waals surface area contributed by atoms with Crippen molar-refractivity contribution in [2.75, 3.05) is 11.6 Å². The van der Waals surface area contributed by atoms with E-state index in [1.165, 1.54) is 13.1 Å². The van der Waals surface area contributed by atoms with Crippen molar-refractivity contribution < 1.29 is 18.5 Å². The monoisotopic (exact) mass is 380 g/mol. The first-order valence-electron chi connectivity index (χ1n) is 7.38. The van der Waals surface area contributed by atoms with Crippen molar-refractivity contribution in [1.29, 1.82) is 0 Å². The predicted molar refractivity (Wildman–Crippen MR) is 97.0 cm³/mol. The molecule has 0 saturated carbocycles. The largest absolute Gasteiger partial charge is 0.449 e. The fraction of sp³-hybridized carbons (Fsp3) is 0.235. The molecule has 25 heavy (non-hydrogen) atoms. The van der Waals surface area contributed by atoms with Gasteiger partial charge in [0.25, 0.3) is 5.91 Å². The van der Waals surface area contributed by atoms with Crippen LogP contribution in [0.1, 0.15) is 22.8 Å². The standard InChI is InChI=1S/C17H17ClN2O4S/c1-11(16(21)20-14-7-4-8-19-15(14)18)24-17(22)13-6-3-5-12(9-13)10-25(2)23/h3-9,11H,10H2,1-2H3,(H,20,21). The molecule has 2 aromatic rings. The average molecular weight is 381 g/mol. The van der Waals surface area contributed by atoms with E-state index in [-0.39, 0.29) is 5.15 Å². The second kappa shape index (κ2) is 8.73. The summed E-state index contributed by atoms with van der Waals surface area (Å²) in [6.07, 6.45) is 2.06. The van der Waals surface area contributed by atoms with Gasteiger partial charge < -0.3 is 10.1 Å². The summed E-state index contributed by atoms with van der Waals surface area (Å²) in [4.78, 5) is 28.2. The number of halogens is 1. The molecule has 0 saturated heterocycles. The number of ether oxygens (including phenoxy) is 1. The molecular formula is C17H17ClN2O4S. The molecule has 2 rings (SSSR count). The lowest BCUT2D eigenvalue weighted by molar-refractivity contribution is -0.123. The van der Waals surface area contributed by atoms with Gasteiger partial charge in [-0.1, -0.05) is 23.7 Å². The third-order valence-electron chi connectivity index (χ3n) is 3.20. The molecule has 0 spiro atoms. The van der Waals surface area contributed by atoms with Gasteiger partial charge in [0, 0.05) is 29.0 Å². The zero-order valence-corrected chi connectivity index (χ0v) is 15.3. The Hall–Kier alpha value is -2.25. The highest BCUT2D eigenvalue weighted by atomic mass is 35.5.